The molecule has 1 aliphatic rings. The molecule has 0 bridgehead atoms. The molecule has 0 amide bonds. The van der Waals surface area contributed by atoms with Gasteiger partial charge in [0.25, 0.3) is 0 Å². The molecule has 102 valence electrons. The minimum Gasteiger partial charge on any atom is -0.311 e. The van der Waals surface area contributed by atoms with Gasteiger partial charge in [-0.2, -0.15) is 0 Å². The molecule has 0 aliphatic carbocycles. The van der Waals surface area contributed by atoms with Crippen LogP contribution in [0.4, 0.5) is 0 Å². The smallest absolute Gasteiger partial charge is 0.0190 e. The molecule has 0 radical (unpaired) electrons. The fourth-order valence-electron chi connectivity index (χ4n) is 2.14. The van der Waals surface area contributed by atoms with E-state index < -0.39 is 0 Å². The lowest BCUT2D eigenvalue weighted by Crippen LogP contribution is -2.46. The molecular formula is C14H31N3. The Balaban J connectivity index is 2.14. The Labute approximate surface area is 108 Å². The minimum atomic E-state index is 0.226. The van der Waals surface area contributed by atoms with Crippen LogP contribution >= 0.6 is 0 Å². The second-order valence-corrected chi connectivity index (χ2v) is 6.51. The molecule has 0 aromatic rings. The van der Waals surface area contributed by atoms with Crippen LogP contribution in [0.15, 0.2) is 0 Å². The summed E-state index contributed by atoms with van der Waals surface area (Å²) in [5.41, 5.74) is 0.226. The lowest BCUT2D eigenvalue weighted by atomic mass is 10.1. The molecule has 1 N–H and O–H groups in total. The Bertz CT molecular complexity index is 204. The van der Waals surface area contributed by atoms with Crippen LogP contribution in [0.3, 0.4) is 0 Å². The van der Waals surface area contributed by atoms with Crippen molar-refractivity contribution in [1.29, 1.82) is 0 Å². The highest BCUT2D eigenvalue weighted by Gasteiger charge is 2.16. The first-order chi connectivity index (χ1) is 7.88. The van der Waals surface area contributed by atoms with E-state index in [0.717, 1.165) is 6.54 Å². The van der Waals surface area contributed by atoms with E-state index in [9.17, 15) is 0 Å². The van der Waals surface area contributed by atoms with Crippen molar-refractivity contribution in [2.24, 2.45) is 0 Å². The van der Waals surface area contributed by atoms with Gasteiger partial charge in [-0.3, -0.25) is 0 Å². The molecule has 0 aromatic carbocycles. The molecule has 3 nitrogen and oxygen atoms in total. The monoisotopic (exact) mass is 241 g/mol. The van der Waals surface area contributed by atoms with Gasteiger partial charge in [0.2, 0.25) is 0 Å². The fraction of sp³-hybridized carbons (Fsp3) is 1.00. The summed E-state index contributed by atoms with van der Waals surface area (Å²) < 4.78 is 0. The lowest BCUT2D eigenvalue weighted by Gasteiger charge is -2.30. The van der Waals surface area contributed by atoms with Crippen LogP contribution in [0.5, 0.6) is 0 Å². The second-order valence-electron chi connectivity index (χ2n) is 6.51. The van der Waals surface area contributed by atoms with Crippen molar-refractivity contribution < 1.29 is 0 Å². The van der Waals surface area contributed by atoms with Gasteiger partial charge in [0, 0.05) is 31.2 Å². The fourth-order valence-corrected chi connectivity index (χ4v) is 2.14. The highest BCUT2D eigenvalue weighted by Crippen LogP contribution is 2.07. The molecule has 0 spiro atoms. The van der Waals surface area contributed by atoms with E-state index >= 15 is 0 Å². The van der Waals surface area contributed by atoms with Gasteiger partial charge in [-0.05, 0) is 60.7 Å². The van der Waals surface area contributed by atoms with Crippen LogP contribution in [0.2, 0.25) is 0 Å². The molecule has 0 aromatic heterocycles. The third-order valence-electron chi connectivity index (χ3n) is 3.65. The molecule has 1 unspecified atom stereocenters. The Kier molecular flexibility index (Phi) is 5.90. The topological polar surface area (TPSA) is 18.5 Å². The summed E-state index contributed by atoms with van der Waals surface area (Å²) in [5, 5.41) is 3.58. The predicted molar refractivity (Wildman–Crippen MR) is 75.5 cm³/mol. The normalized spacial score (nSPS) is 20.1. The quantitative estimate of drug-likeness (QED) is 0.765. The number of likely N-dealkylation sites (N-methyl/N-ethyl adjacent to an activating group) is 1. The first-order valence-corrected chi connectivity index (χ1v) is 7.06. The number of hydrogen-bond acceptors (Lipinski definition) is 3. The average Bonchev–Trinajstić information content (AvgIpc) is 2.74. The van der Waals surface area contributed by atoms with Gasteiger partial charge in [0.05, 0.1) is 0 Å². The molecule has 17 heavy (non-hydrogen) atoms. The second kappa shape index (κ2) is 6.72. The van der Waals surface area contributed by atoms with E-state index in [4.69, 9.17) is 0 Å². The van der Waals surface area contributed by atoms with Crippen LogP contribution in [0.25, 0.3) is 0 Å². The first-order valence-electron chi connectivity index (χ1n) is 7.06. The third-order valence-corrected chi connectivity index (χ3v) is 3.65. The van der Waals surface area contributed by atoms with Crippen molar-refractivity contribution in [2.45, 2.75) is 52.1 Å². The zero-order valence-corrected chi connectivity index (χ0v) is 12.4. The molecule has 1 aliphatic heterocycles. The summed E-state index contributed by atoms with van der Waals surface area (Å²) in [7, 11) is 2.24. The molecule has 1 rings (SSSR count). The lowest BCUT2D eigenvalue weighted by molar-refractivity contribution is 0.203. The SMILES string of the molecule is CC(CNC(C)(C)C)N(C)CCN1CCCC1. The zero-order chi connectivity index (χ0) is 12.9. The number of nitrogens with one attached hydrogen (secondary N) is 1. The Morgan fingerprint density at radius 2 is 1.82 bits per heavy atom. The van der Waals surface area contributed by atoms with Crippen LogP contribution in [0.1, 0.15) is 40.5 Å². The van der Waals surface area contributed by atoms with Crippen molar-refractivity contribution in [3.05, 3.63) is 0 Å². The largest absolute Gasteiger partial charge is 0.311 e. The van der Waals surface area contributed by atoms with Gasteiger partial charge in [-0.25, -0.2) is 0 Å². The van der Waals surface area contributed by atoms with Crippen LogP contribution in [-0.2, 0) is 0 Å². The summed E-state index contributed by atoms with van der Waals surface area (Å²) in [6.07, 6.45) is 2.79. The molecule has 3 heteroatoms. The predicted octanol–water partition coefficient (Wildman–Crippen LogP) is 1.79. The van der Waals surface area contributed by atoms with E-state index in [0.29, 0.717) is 6.04 Å². The van der Waals surface area contributed by atoms with Crippen molar-refractivity contribution in [3.8, 4) is 0 Å². The standard InChI is InChI=1S/C14H31N3/c1-13(12-15-14(2,3)4)16(5)10-11-17-8-6-7-9-17/h13,15H,6-12H2,1-5H3. The third kappa shape index (κ3) is 6.39. The van der Waals surface area contributed by atoms with E-state index in [-0.39, 0.29) is 5.54 Å². The van der Waals surface area contributed by atoms with Gasteiger partial charge < -0.3 is 15.1 Å². The molecule has 0 saturated carbocycles. The van der Waals surface area contributed by atoms with E-state index in [1.54, 1.807) is 0 Å². The maximum Gasteiger partial charge on any atom is 0.0190 e. The first kappa shape index (κ1) is 14.9. The van der Waals surface area contributed by atoms with E-state index in [1.807, 2.05) is 0 Å². The highest BCUT2D eigenvalue weighted by atomic mass is 15.2. The van der Waals surface area contributed by atoms with Crippen LogP contribution < -0.4 is 5.32 Å². The maximum absolute atomic E-state index is 3.58. The summed E-state index contributed by atoms with van der Waals surface area (Å²) in [6, 6.07) is 0.608. The van der Waals surface area contributed by atoms with Gasteiger partial charge in [0.15, 0.2) is 0 Å². The van der Waals surface area contributed by atoms with Crippen molar-refractivity contribution >= 4 is 0 Å². The molecule has 1 heterocycles. The summed E-state index contributed by atoms with van der Waals surface area (Å²) in [6.45, 7) is 15.1. The molecular weight excluding hydrogens is 210 g/mol. The van der Waals surface area contributed by atoms with Gasteiger partial charge in [-0.15, -0.1) is 0 Å². The van der Waals surface area contributed by atoms with Gasteiger partial charge in [-0.1, -0.05) is 0 Å². The zero-order valence-electron chi connectivity index (χ0n) is 12.4. The number of hydrogen-bond donors (Lipinski definition) is 1. The average molecular weight is 241 g/mol. The van der Waals surface area contributed by atoms with E-state index in [2.05, 4.69) is 49.9 Å². The molecule has 1 saturated heterocycles. The van der Waals surface area contributed by atoms with Crippen LogP contribution in [0, 0.1) is 0 Å². The Hall–Kier alpha value is -0.120. The summed E-state index contributed by atoms with van der Waals surface area (Å²) in [4.78, 5) is 5.05. The molecule has 1 atom stereocenters. The minimum absolute atomic E-state index is 0.226. The Morgan fingerprint density at radius 1 is 1.24 bits per heavy atom. The molecule has 1 fully saturated rings. The van der Waals surface area contributed by atoms with Crippen molar-refractivity contribution in [2.75, 3.05) is 39.8 Å². The summed E-state index contributed by atoms with van der Waals surface area (Å²) in [5.74, 6) is 0. The van der Waals surface area contributed by atoms with Crippen LogP contribution in [-0.4, -0.2) is 61.2 Å². The summed E-state index contributed by atoms with van der Waals surface area (Å²) >= 11 is 0. The van der Waals surface area contributed by atoms with Crippen molar-refractivity contribution in [3.63, 3.8) is 0 Å². The van der Waals surface area contributed by atoms with Crippen molar-refractivity contribution in [1.82, 2.24) is 15.1 Å². The van der Waals surface area contributed by atoms with Gasteiger partial charge >= 0.3 is 0 Å². The number of nitrogens with zero attached hydrogens (tertiary/aromatic N) is 2. The maximum atomic E-state index is 3.58. The Morgan fingerprint density at radius 3 is 2.35 bits per heavy atom. The number of rotatable bonds is 6. The highest BCUT2D eigenvalue weighted by molar-refractivity contribution is 4.76. The van der Waals surface area contributed by atoms with Gasteiger partial charge in [0.1, 0.15) is 0 Å². The van der Waals surface area contributed by atoms with E-state index in [1.165, 1.54) is 39.0 Å². The number of likely N-dealkylation sites (tertiary alicyclic amines) is 1.